The lowest BCUT2D eigenvalue weighted by atomic mass is 10.2. The fraction of sp³-hybridized carbons (Fsp3) is 0.571. The maximum Gasteiger partial charge on any atom is 0.165 e. The molecule has 3 N–H and O–H groups in total. The quantitative estimate of drug-likeness (QED) is 0.611. The highest BCUT2D eigenvalue weighted by Crippen LogP contribution is 2.30. The molecule has 0 saturated carbocycles. The molecule has 0 heterocycles. The fourth-order valence-electron chi connectivity index (χ4n) is 1.64. The van der Waals surface area contributed by atoms with Crippen molar-refractivity contribution >= 4 is 0 Å². The summed E-state index contributed by atoms with van der Waals surface area (Å²) in [5, 5.41) is 9.77. The molecule has 0 aliphatic rings. The summed E-state index contributed by atoms with van der Waals surface area (Å²) in [6.07, 6.45) is -0.720. The average Bonchev–Trinajstić information content (AvgIpc) is 2.49. The van der Waals surface area contributed by atoms with Gasteiger partial charge in [-0.1, -0.05) is 12.1 Å². The van der Waals surface area contributed by atoms with E-state index in [9.17, 15) is 5.11 Å². The summed E-state index contributed by atoms with van der Waals surface area (Å²) >= 11 is 0. The van der Waals surface area contributed by atoms with Gasteiger partial charge in [0.2, 0.25) is 0 Å². The lowest BCUT2D eigenvalue weighted by molar-refractivity contribution is -0.00462. The topological polar surface area (TPSA) is 83.2 Å². The zero-order valence-corrected chi connectivity index (χ0v) is 12.0. The zero-order valence-electron chi connectivity index (χ0n) is 12.0. The van der Waals surface area contributed by atoms with Crippen LogP contribution in [-0.2, 0) is 16.0 Å². The normalized spacial score (nSPS) is 12.2. The Hall–Kier alpha value is -1.34. The summed E-state index contributed by atoms with van der Waals surface area (Å²) in [5.41, 5.74) is 6.49. The molecule has 1 aromatic carbocycles. The van der Waals surface area contributed by atoms with Crippen LogP contribution in [0.5, 0.6) is 11.5 Å². The lowest BCUT2D eigenvalue weighted by Gasteiger charge is -2.17. The van der Waals surface area contributed by atoms with Crippen LogP contribution in [0.2, 0.25) is 0 Å². The maximum atomic E-state index is 9.77. The first kappa shape index (κ1) is 16.7. The Morgan fingerprint density at radius 2 is 2.00 bits per heavy atom. The Morgan fingerprint density at radius 1 is 1.20 bits per heavy atom. The summed E-state index contributed by atoms with van der Waals surface area (Å²) in [4.78, 5) is 0. The van der Waals surface area contributed by atoms with Crippen molar-refractivity contribution in [3.63, 3.8) is 0 Å². The number of ether oxygens (including phenoxy) is 4. The van der Waals surface area contributed by atoms with Crippen molar-refractivity contribution in [2.24, 2.45) is 5.73 Å². The second-order valence-electron chi connectivity index (χ2n) is 4.19. The van der Waals surface area contributed by atoms with Gasteiger partial charge in [-0.3, -0.25) is 0 Å². The number of nitrogens with two attached hydrogens (primary N) is 1. The van der Waals surface area contributed by atoms with Crippen molar-refractivity contribution in [3.05, 3.63) is 23.8 Å². The first-order valence-electron chi connectivity index (χ1n) is 6.46. The van der Waals surface area contributed by atoms with E-state index in [4.69, 9.17) is 24.7 Å². The van der Waals surface area contributed by atoms with Crippen molar-refractivity contribution in [2.45, 2.75) is 12.6 Å². The van der Waals surface area contributed by atoms with Crippen LogP contribution in [0.1, 0.15) is 5.56 Å². The van der Waals surface area contributed by atoms with Crippen molar-refractivity contribution in [3.8, 4) is 11.5 Å². The SMILES string of the molecule is COCCOCC(O)COc1c(CN)cccc1OC. The summed E-state index contributed by atoms with van der Waals surface area (Å²) in [7, 11) is 3.16. The third-order valence-corrected chi connectivity index (χ3v) is 2.66. The molecule has 0 radical (unpaired) electrons. The molecular weight excluding hydrogens is 262 g/mol. The Labute approximate surface area is 119 Å². The minimum Gasteiger partial charge on any atom is -0.493 e. The molecule has 1 unspecified atom stereocenters. The molecule has 6 heteroatoms. The highest BCUT2D eigenvalue weighted by Gasteiger charge is 2.12. The van der Waals surface area contributed by atoms with Crippen LogP contribution in [0.15, 0.2) is 18.2 Å². The van der Waals surface area contributed by atoms with Gasteiger partial charge < -0.3 is 29.8 Å². The number of methoxy groups -OCH3 is 2. The molecule has 0 aliphatic heterocycles. The number of rotatable bonds is 10. The molecule has 0 spiro atoms. The fourth-order valence-corrected chi connectivity index (χ4v) is 1.64. The van der Waals surface area contributed by atoms with Gasteiger partial charge in [0.25, 0.3) is 0 Å². The average molecular weight is 285 g/mol. The van der Waals surface area contributed by atoms with Crippen LogP contribution in [-0.4, -0.2) is 51.9 Å². The number of benzene rings is 1. The molecule has 20 heavy (non-hydrogen) atoms. The first-order valence-corrected chi connectivity index (χ1v) is 6.46. The number of aliphatic hydroxyl groups excluding tert-OH is 1. The molecule has 0 bridgehead atoms. The van der Waals surface area contributed by atoms with Crippen molar-refractivity contribution in [2.75, 3.05) is 40.6 Å². The van der Waals surface area contributed by atoms with E-state index in [1.807, 2.05) is 12.1 Å². The predicted octanol–water partition coefficient (Wildman–Crippen LogP) is 0.557. The first-order chi connectivity index (χ1) is 9.72. The van der Waals surface area contributed by atoms with Crippen LogP contribution in [0.25, 0.3) is 0 Å². The van der Waals surface area contributed by atoms with E-state index in [0.29, 0.717) is 31.3 Å². The molecule has 1 aromatic rings. The molecule has 1 atom stereocenters. The zero-order chi connectivity index (χ0) is 14.8. The summed E-state index contributed by atoms with van der Waals surface area (Å²) < 4.78 is 20.9. The van der Waals surface area contributed by atoms with Gasteiger partial charge in [0, 0.05) is 19.2 Å². The largest absolute Gasteiger partial charge is 0.493 e. The van der Waals surface area contributed by atoms with Crippen LogP contribution >= 0.6 is 0 Å². The van der Waals surface area contributed by atoms with E-state index in [2.05, 4.69) is 0 Å². The summed E-state index contributed by atoms with van der Waals surface area (Å²) in [5.74, 6) is 1.16. The highest BCUT2D eigenvalue weighted by molar-refractivity contribution is 5.46. The molecule has 6 nitrogen and oxygen atoms in total. The van der Waals surface area contributed by atoms with Crippen molar-refractivity contribution in [1.82, 2.24) is 0 Å². The van der Waals surface area contributed by atoms with Gasteiger partial charge in [-0.2, -0.15) is 0 Å². The Morgan fingerprint density at radius 3 is 2.65 bits per heavy atom. The Kier molecular flexibility index (Phi) is 7.98. The van der Waals surface area contributed by atoms with Crippen LogP contribution in [0, 0.1) is 0 Å². The highest BCUT2D eigenvalue weighted by atomic mass is 16.5. The predicted molar refractivity (Wildman–Crippen MR) is 75.1 cm³/mol. The second-order valence-corrected chi connectivity index (χ2v) is 4.19. The summed E-state index contributed by atoms with van der Waals surface area (Å²) in [6, 6.07) is 5.49. The van der Waals surface area contributed by atoms with Gasteiger partial charge in [0.05, 0.1) is 26.9 Å². The monoisotopic (exact) mass is 285 g/mol. The van der Waals surface area contributed by atoms with Gasteiger partial charge in [-0.05, 0) is 6.07 Å². The van der Waals surface area contributed by atoms with Gasteiger partial charge >= 0.3 is 0 Å². The molecule has 0 fully saturated rings. The lowest BCUT2D eigenvalue weighted by Crippen LogP contribution is -2.24. The minimum atomic E-state index is -0.720. The van der Waals surface area contributed by atoms with E-state index in [1.54, 1.807) is 20.3 Å². The molecule has 0 aromatic heterocycles. The number of para-hydroxylation sites is 1. The minimum absolute atomic E-state index is 0.111. The second kappa shape index (κ2) is 9.55. The third-order valence-electron chi connectivity index (χ3n) is 2.66. The van der Waals surface area contributed by atoms with E-state index in [0.717, 1.165) is 5.56 Å². The Balaban J connectivity index is 2.47. The van der Waals surface area contributed by atoms with Gasteiger partial charge in [0.1, 0.15) is 12.7 Å². The van der Waals surface area contributed by atoms with Crippen LogP contribution in [0.3, 0.4) is 0 Å². The molecule has 0 aliphatic carbocycles. The standard InChI is InChI=1S/C14H23NO5/c1-17-6-7-19-9-12(16)10-20-14-11(8-15)4-3-5-13(14)18-2/h3-5,12,16H,6-10,15H2,1-2H3. The van der Waals surface area contributed by atoms with E-state index in [1.165, 1.54) is 0 Å². The van der Waals surface area contributed by atoms with E-state index < -0.39 is 6.10 Å². The third kappa shape index (κ3) is 5.34. The van der Waals surface area contributed by atoms with Gasteiger partial charge in [-0.15, -0.1) is 0 Å². The molecule has 0 amide bonds. The molecule has 0 saturated heterocycles. The van der Waals surface area contributed by atoms with E-state index >= 15 is 0 Å². The molecular formula is C14H23NO5. The Bertz CT molecular complexity index is 364. The van der Waals surface area contributed by atoms with Crippen LogP contribution in [0.4, 0.5) is 0 Å². The number of hydrogen-bond donors (Lipinski definition) is 2. The van der Waals surface area contributed by atoms with Gasteiger partial charge in [-0.25, -0.2) is 0 Å². The number of hydrogen-bond acceptors (Lipinski definition) is 6. The maximum absolute atomic E-state index is 9.77. The summed E-state index contributed by atoms with van der Waals surface area (Å²) in [6.45, 7) is 1.58. The molecule has 1 rings (SSSR count). The van der Waals surface area contributed by atoms with Crippen molar-refractivity contribution in [1.29, 1.82) is 0 Å². The van der Waals surface area contributed by atoms with Gasteiger partial charge in [0.15, 0.2) is 11.5 Å². The van der Waals surface area contributed by atoms with E-state index in [-0.39, 0.29) is 13.2 Å². The smallest absolute Gasteiger partial charge is 0.165 e. The number of aliphatic hydroxyl groups is 1. The van der Waals surface area contributed by atoms with Crippen LogP contribution < -0.4 is 15.2 Å². The van der Waals surface area contributed by atoms with Crippen molar-refractivity contribution < 1.29 is 24.1 Å². The molecule has 114 valence electrons.